The molecule has 0 radical (unpaired) electrons. The maximum absolute atomic E-state index is 11.7. The van der Waals surface area contributed by atoms with E-state index >= 15 is 0 Å². The highest BCUT2D eigenvalue weighted by molar-refractivity contribution is 5.79. The summed E-state index contributed by atoms with van der Waals surface area (Å²) in [5.74, 6) is 0.227. The van der Waals surface area contributed by atoms with Crippen molar-refractivity contribution in [3.05, 3.63) is 0 Å². The average Bonchev–Trinajstić information content (AvgIpc) is 2.75. The van der Waals surface area contributed by atoms with Crippen LogP contribution in [-0.2, 0) is 4.79 Å². The Labute approximate surface area is 129 Å². The maximum atomic E-state index is 11.7. The van der Waals surface area contributed by atoms with Gasteiger partial charge in [0.2, 0.25) is 0 Å². The first-order valence-corrected chi connectivity index (χ1v) is 8.83. The maximum Gasteiger partial charge on any atom is 0.323 e. The van der Waals surface area contributed by atoms with Gasteiger partial charge in [-0.25, -0.2) is 0 Å². The molecule has 3 unspecified atom stereocenters. The number of nitrogens with one attached hydrogen (secondary N) is 1. The number of rotatable bonds is 6. The van der Waals surface area contributed by atoms with Crippen LogP contribution in [0.5, 0.6) is 0 Å². The number of hydrogen-bond acceptors (Lipinski definition) is 3. The molecule has 21 heavy (non-hydrogen) atoms. The van der Waals surface area contributed by atoms with E-state index in [-0.39, 0.29) is 0 Å². The van der Waals surface area contributed by atoms with Crippen molar-refractivity contribution in [1.29, 1.82) is 0 Å². The second-order valence-electron chi connectivity index (χ2n) is 6.94. The van der Waals surface area contributed by atoms with Crippen molar-refractivity contribution in [1.82, 2.24) is 10.2 Å². The predicted octanol–water partition coefficient (Wildman–Crippen LogP) is 2.87. The first-order valence-electron chi connectivity index (χ1n) is 8.83. The van der Waals surface area contributed by atoms with Crippen LogP contribution in [0.1, 0.15) is 65.2 Å². The summed E-state index contributed by atoms with van der Waals surface area (Å²) >= 11 is 0. The first kappa shape index (κ1) is 16.8. The van der Waals surface area contributed by atoms with Crippen molar-refractivity contribution in [2.45, 2.75) is 76.8 Å². The van der Waals surface area contributed by atoms with Crippen LogP contribution in [0.2, 0.25) is 0 Å². The quantitative estimate of drug-likeness (QED) is 0.791. The van der Waals surface area contributed by atoms with Crippen molar-refractivity contribution in [3.8, 4) is 0 Å². The van der Waals surface area contributed by atoms with Gasteiger partial charge in [-0.1, -0.05) is 26.7 Å². The molecule has 0 spiro atoms. The number of nitrogens with zero attached hydrogens (tertiary/aromatic N) is 1. The zero-order chi connectivity index (χ0) is 15.3. The molecule has 0 aromatic rings. The number of likely N-dealkylation sites (N-methyl/N-ethyl adjacent to an activating group) is 1. The Morgan fingerprint density at radius 1 is 1.29 bits per heavy atom. The molecule has 0 amide bonds. The smallest absolute Gasteiger partial charge is 0.323 e. The Morgan fingerprint density at radius 3 is 2.76 bits per heavy atom. The monoisotopic (exact) mass is 296 g/mol. The fourth-order valence-electron chi connectivity index (χ4n) is 4.35. The third kappa shape index (κ3) is 3.98. The summed E-state index contributed by atoms with van der Waals surface area (Å²) in [6.07, 6.45) is 9.15. The molecule has 1 aliphatic carbocycles. The Bertz CT molecular complexity index is 348. The molecule has 0 bridgehead atoms. The van der Waals surface area contributed by atoms with E-state index in [2.05, 4.69) is 17.1 Å². The third-order valence-corrected chi connectivity index (χ3v) is 5.51. The molecule has 4 heteroatoms. The van der Waals surface area contributed by atoms with Crippen LogP contribution < -0.4 is 5.32 Å². The lowest BCUT2D eigenvalue weighted by atomic mass is 9.96. The predicted molar refractivity (Wildman–Crippen MR) is 85.5 cm³/mol. The highest BCUT2D eigenvalue weighted by Gasteiger charge is 2.46. The van der Waals surface area contributed by atoms with Crippen molar-refractivity contribution < 1.29 is 9.90 Å². The van der Waals surface area contributed by atoms with Gasteiger partial charge in [0.1, 0.15) is 5.54 Å². The highest BCUT2D eigenvalue weighted by Crippen LogP contribution is 2.35. The minimum atomic E-state index is -0.672. The molecule has 4 nitrogen and oxygen atoms in total. The molecule has 1 saturated heterocycles. The SMILES string of the molecule is CCCC1CCCN(C2CCC(NCC)(C(=O)O)C2)CC1. The van der Waals surface area contributed by atoms with Gasteiger partial charge in [0.25, 0.3) is 0 Å². The lowest BCUT2D eigenvalue weighted by Gasteiger charge is -2.30. The molecular weight excluding hydrogens is 264 g/mol. The summed E-state index contributed by atoms with van der Waals surface area (Å²) in [5, 5.41) is 12.8. The fourth-order valence-corrected chi connectivity index (χ4v) is 4.35. The molecule has 1 heterocycles. The number of aliphatic carboxylic acids is 1. The van der Waals surface area contributed by atoms with Crippen LogP contribution >= 0.6 is 0 Å². The Hall–Kier alpha value is -0.610. The van der Waals surface area contributed by atoms with Gasteiger partial charge in [-0.3, -0.25) is 4.79 Å². The number of carboxylic acid groups (broad SMARTS) is 1. The number of hydrogen-bond donors (Lipinski definition) is 2. The van der Waals surface area contributed by atoms with E-state index in [1.165, 1.54) is 32.1 Å². The van der Waals surface area contributed by atoms with Crippen LogP contribution in [0, 0.1) is 5.92 Å². The van der Waals surface area contributed by atoms with E-state index in [1.807, 2.05) is 6.92 Å². The molecule has 0 aromatic carbocycles. The summed E-state index contributed by atoms with van der Waals surface area (Å²) in [6.45, 7) is 7.33. The lowest BCUT2D eigenvalue weighted by Crippen LogP contribution is -2.51. The third-order valence-electron chi connectivity index (χ3n) is 5.51. The van der Waals surface area contributed by atoms with E-state index in [0.29, 0.717) is 6.04 Å². The average molecular weight is 296 g/mol. The minimum absolute atomic E-state index is 0.459. The van der Waals surface area contributed by atoms with Crippen LogP contribution in [0.3, 0.4) is 0 Å². The van der Waals surface area contributed by atoms with E-state index in [0.717, 1.165) is 44.8 Å². The molecule has 0 aromatic heterocycles. The van der Waals surface area contributed by atoms with Gasteiger partial charge in [0.15, 0.2) is 0 Å². The Morgan fingerprint density at radius 2 is 2.10 bits per heavy atom. The first-order chi connectivity index (χ1) is 10.1. The second-order valence-corrected chi connectivity index (χ2v) is 6.94. The van der Waals surface area contributed by atoms with Crippen LogP contribution in [0.15, 0.2) is 0 Å². The Balaban J connectivity index is 1.92. The largest absolute Gasteiger partial charge is 0.480 e. The summed E-state index contributed by atoms with van der Waals surface area (Å²) in [6, 6.07) is 0.459. The van der Waals surface area contributed by atoms with Crippen molar-refractivity contribution >= 4 is 5.97 Å². The van der Waals surface area contributed by atoms with Crippen LogP contribution in [-0.4, -0.2) is 47.2 Å². The topological polar surface area (TPSA) is 52.6 Å². The molecule has 2 aliphatic rings. The summed E-state index contributed by atoms with van der Waals surface area (Å²) in [4.78, 5) is 14.2. The second kappa shape index (κ2) is 7.59. The summed E-state index contributed by atoms with van der Waals surface area (Å²) in [7, 11) is 0. The van der Waals surface area contributed by atoms with E-state index < -0.39 is 11.5 Å². The zero-order valence-corrected chi connectivity index (χ0v) is 13.7. The molecule has 122 valence electrons. The van der Waals surface area contributed by atoms with Crippen LogP contribution in [0.4, 0.5) is 0 Å². The standard InChI is InChI=1S/C17H32N2O2/c1-3-6-14-7-5-11-19(12-9-14)15-8-10-17(13-15,16(20)21)18-4-2/h14-15,18H,3-13H2,1-2H3,(H,20,21). The normalized spacial score (nSPS) is 34.8. The van der Waals surface area contributed by atoms with Gasteiger partial charge < -0.3 is 15.3 Å². The zero-order valence-electron chi connectivity index (χ0n) is 13.7. The van der Waals surface area contributed by atoms with E-state index in [9.17, 15) is 9.90 Å². The molecule has 2 rings (SSSR count). The van der Waals surface area contributed by atoms with E-state index in [4.69, 9.17) is 0 Å². The van der Waals surface area contributed by atoms with E-state index in [1.54, 1.807) is 0 Å². The van der Waals surface area contributed by atoms with Gasteiger partial charge in [0, 0.05) is 6.04 Å². The summed E-state index contributed by atoms with van der Waals surface area (Å²) < 4.78 is 0. The van der Waals surface area contributed by atoms with Gasteiger partial charge in [0.05, 0.1) is 0 Å². The highest BCUT2D eigenvalue weighted by atomic mass is 16.4. The van der Waals surface area contributed by atoms with Gasteiger partial charge in [-0.15, -0.1) is 0 Å². The number of carboxylic acids is 1. The number of likely N-dealkylation sites (tertiary alicyclic amines) is 1. The van der Waals surface area contributed by atoms with Crippen molar-refractivity contribution in [3.63, 3.8) is 0 Å². The molecule has 2 N–H and O–H groups in total. The Kier molecular flexibility index (Phi) is 6.06. The van der Waals surface area contributed by atoms with Crippen LogP contribution in [0.25, 0.3) is 0 Å². The van der Waals surface area contributed by atoms with Crippen molar-refractivity contribution in [2.24, 2.45) is 5.92 Å². The fraction of sp³-hybridized carbons (Fsp3) is 0.941. The molecule has 1 saturated carbocycles. The molecular formula is C17H32N2O2. The van der Waals surface area contributed by atoms with Gasteiger partial charge >= 0.3 is 5.97 Å². The van der Waals surface area contributed by atoms with Gasteiger partial charge in [-0.05, 0) is 64.1 Å². The minimum Gasteiger partial charge on any atom is -0.480 e. The number of carbonyl (C=O) groups is 1. The molecule has 3 atom stereocenters. The molecule has 2 fully saturated rings. The molecule has 1 aliphatic heterocycles. The van der Waals surface area contributed by atoms with Gasteiger partial charge in [-0.2, -0.15) is 0 Å². The van der Waals surface area contributed by atoms with Crippen molar-refractivity contribution in [2.75, 3.05) is 19.6 Å². The summed E-state index contributed by atoms with van der Waals surface area (Å²) in [5.41, 5.74) is -0.672. The lowest BCUT2D eigenvalue weighted by molar-refractivity contribution is -0.144.